The van der Waals surface area contributed by atoms with Crippen molar-refractivity contribution in [3.05, 3.63) is 60.2 Å². The number of hydrogen-bond acceptors (Lipinski definition) is 4. The van der Waals surface area contributed by atoms with Gasteiger partial charge < -0.3 is 9.67 Å². The third-order valence-corrected chi connectivity index (χ3v) is 6.55. The van der Waals surface area contributed by atoms with Gasteiger partial charge in [-0.05, 0) is 49.9 Å². The molecule has 1 aliphatic carbocycles. The maximum atomic E-state index is 11.4. The molecule has 1 saturated heterocycles. The van der Waals surface area contributed by atoms with Crippen LogP contribution in [0, 0.1) is 11.8 Å². The number of benzene rings is 1. The normalized spacial score (nSPS) is 28.1. The molecule has 2 aliphatic rings. The van der Waals surface area contributed by atoms with Crippen molar-refractivity contribution < 1.29 is 5.11 Å². The van der Waals surface area contributed by atoms with Crippen LogP contribution in [0.25, 0.3) is 11.0 Å². The van der Waals surface area contributed by atoms with Gasteiger partial charge in [0, 0.05) is 31.7 Å². The lowest BCUT2D eigenvalue weighted by molar-refractivity contribution is -0.0109. The summed E-state index contributed by atoms with van der Waals surface area (Å²) in [6.07, 6.45) is 3.68. The minimum Gasteiger partial charge on any atom is -0.383 e. The van der Waals surface area contributed by atoms with Crippen LogP contribution in [0.5, 0.6) is 0 Å². The molecule has 2 fully saturated rings. The summed E-state index contributed by atoms with van der Waals surface area (Å²) in [7, 11) is 0. The average molecular weight is 362 g/mol. The van der Waals surface area contributed by atoms with Gasteiger partial charge in [-0.1, -0.05) is 18.2 Å². The molecule has 140 valence electrons. The fraction of sp³-hybridized carbons (Fsp3) is 0.455. The second-order valence-corrected chi connectivity index (χ2v) is 8.00. The molecule has 5 nitrogen and oxygen atoms in total. The monoisotopic (exact) mass is 362 g/mol. The van der Waals surface area contributed by atoms with E-state index in [9.17, 15) is 5.11 Å². The topological polar surface area (TPSA) is 54.2 Å². The number of likely N-dealkylation sites (tertiary alicyclic amines) is 1. The molecule has 27 heavy (non-hydrogen) atoms. The summed E-state index contributed by atoms with van der Waals surface area (Å²) in [5.74, 6) is 1.92. The summed E-state index contributed by atoms with van der Waals surface area (Å²) < 4.78 is 2.31. The van der Waals surface area contributed by atoms with Crippen LogP contribution in [0.15, 0.2) is 48.7 Å². The Balaban J connectivity index is 1.39. The Morgan fingerprint density at radius 3 is 2.81 bits per heavy atom. The van der Waals surface area contributed by atoms with Gasteiger partial charge in [0.15, 0.2) is 0 Å². The number of para-hydroxylation sites is 2. The Labute approximate surface area is 159 Å². The Kier molecular flexibility index (Phi) is 4.02. The number of fused-ring (bicyclic) bond motifs is 2. The molecule has 0 spiro atoms. The van der Waals surface area contributed by atoms with E-state index in [1.807, 2.05) is 24.3 Å². The van der Waals surface area contributed by atoms with E-state index in [-0.39, 0.29) is 5.92 Å². The molecule has 3 atom stereocenters. The highest BCUT2D eigenvalue weighted by Gasteiger charge is 2.53. The quantitative estimate of drug-likeness (QED) is 0.774. The van der Waals surface area contributed by atoms with Gasteiger partial charge in [-0.25, -0.2) is 4.98 Å². The van der Waals surface area contributed by atoms with Crippen LogP contribution in [0.3, 0.4) is 0 Å². The zero-order valence-electron chi connectivity index (χ0n) is 15.8. The maximum absolute atomic E-state index is 11.4. The summed E-state index contributed by atoms with van der Waals surface area (Å²) in [6, 6.07) is 14.2. The minimum atomic E-state index is -0.786. The zero-order chi connectivity index (χ0) is 18.4. The van der Waals surface area contributed by atoms with E-state index in [4.69, 9.17) is 4.98 Å². The first kappa shape index (κ1) is 16.9. The Hall–Kier alpha value is -2.24. The number of aryl methyl sites for hydroxylation is 1. The molecule has 0 bridgehead atoms. The second kappa shape index (κ2) is 6.43. The third-order valence-electron chi connectivity index (χ3n) is 6.55. The van der Waals surface area contributed by atoms with Crippen LogP contribution in [0.1, 0.15) is 31.3 Å². The van der Waals surface area contributed by atoms with Crippen LogP contribution < -0.4 is 0 Å². The van der Waals surface area contributed by atoms with Gasteiger partial charge in [-0.15, -0.1) is 0 Å². The second-order valence-electron chi connectivity index (χ2n) is 8.00. The SMILES string of the molecule is CCn1c(CN2C[C@@H]3CC[C@@](O)(c4ccccn4)[C@@H]3C2)nc2ccccc21. The first-order chi connectivity index (χ1) is 13.2. The van der Waals surface area contributed by atoms with Crippen molar-refractivity contribution in [3.63, 3.8) is 0 Å². The Morgan fingerprint density at radius 2 is 2.00 bits per heavy atom. The first-order valence-corrected chi connectivity index (χ1v) is 9.99. The van der Waals surface area contributed by atoms with Crippen molar-refractivity contribution in [2.45, 2.75) is 38.5 Å². The Bertz CT molecular complexity index is 953. The van der Waals surface area contributed by atoms with Crippen LogP contribution >= 0.6 is 0 Å². The molecule has 3 aromatic rings. The zero-order valence-corrected chi connectivity index (χ0v) is 15.8. The predicted molar refractivity (Wildman–Crippen MR) is 105 cm³/mol. The predicted octanol–water partition coefficient (Wildman–Crippen LogP) is 3.18. The molecule has 1 aromatic carbocycles. The van der Waals surface area contributed by atoms with Crippen molar-refractivity contribution in [2.24, 2.45) is 11.8 Å². The fourth-order valence-electron chi connectivity index (χ4n) is 5.25. The molecule has 1 N–H and O–H groups in total. The minimum absolute atomic E-state index is 0.256. The molecule has 0 unspecified atom stereocenters. The molecule has 2 aromatic heterocycles. The van der Waals surface area contributed by atoms with Gasteiger partial charge in [0.05, 0.1) is 23.3 Å². The number of pyridine rings is 1. The molecular formula is C22H26N4O. The van der Waals surface area contributed by atoms with Gasteiger partial charge in [-0.2, -0.15) is 0 Å². The number of aliphatic hydroxyl groups is 1. The number of imidazole rings is 1. The highest BCUT2D eigenvalue weighted by atomic mass is 16.3. The van der Waals surface area contributed by atoms with E-state index >= 15 is 0 Å². The van der Waals surface area contributed by atoms with E-state index in [2.05, 4.69) is 39.6 Å². The van der Waals surface area contributed by atoms with E-state index in [0.29, 0.717) is 5.92 Å². The highest BCUT2D eigenvalue weighted by Crippen LogP contribution is 2.50. The molecule has 1 saturated carbocycles. The average Bonchev–Trinajstić information content (AvgIpc) is 3.36. The smallest absolute Gasteiger partial charge is 0.124 e. The van der Waals surface area contributed by atoms with Crippen molar-refractivity contribution >= 4 is 11.0 Å². The summed E-state index contributed by atoms with van der Waals surface area (Å²) in [4.78, 5) is 11.8. The summed E-state index contributed by atoms with van der Waals surface area (Å²) in [5.41, 5.74) is 2.32. The Morgan fingerprint density at radius 1 is 1.15 bits per heavy atom. The maximum Gasteiger partial charge on any atom is 0.124 e. The number of hydrogen-bond donors (Lipinski definition) is 1. The van der Waals surface area contributed by atoms with Crippen LogP contribution in [-0.4, -0.2) is 37.6 Å². The van der Waals surface area contributed by atoms with Crippen molar-refractivity contribution in [1.29, 1.82) is 0 Å². The number of aromatic nitrogens is 3. The lowest BCUT2D eigenvalue weighted by Gasteiger charge is -2.29. The molecule has 0 amide bonds. The molecule has 5 rings (SSSR count). The fourth-order valence-corrected chi connectivity index (χ4v) is 5.25. The van der Waals surface area contributed by atoms with Crippen LogP contribution in [-0.2, 0) is 18.7 Å². The number of nitrogens with zero attached hydrogens (tertiary/aromatic N) is 4. The summed E-state index contributed by atoms with van der Waals surface area (Å²) >= 11 is 0. The largest absolute Gasteiger partial charge is 0.383 e. The van der Waals surface area contributed by atoms with E-state index in [0.717, 1.165) is 56.1 Å². The van der Waals surface area contributed by atoms with E-state index < -0.39 is 5.60 Å². The summed E-state index contributed by atoms with van der Waals surface area (Å²) in [6.45, 7) is 5.88. The number of rotatable bonds is 4. The lowest BCUT2D eigenvalue weighted by Crippen LogP contribution is -2.35. The summed E-state index contributed by atoms with van der Waals surface area (Å²) in [5, 5.41) is 11.4. The van der Waals surface area contributed by atoms with Crippen LogP contribution in [0.2, 0.25) is 0 Å². The van der Waals surface area contributed by atoms with Gasteiger partial charge in [0.2, 0.25) is 0 Å². The van der Waals surface area contributed by atoms with Crippen LogP contribution in [0.4, 0.5) is 0 Å². The van der Waals surface area contributed by atoms with E-state index in [1.54, 1.807) is 6.20 Å². The van der Waals surface area contributed by atoms with Gasteiger partial charge in [0.25, 0.3) is 0 Å². The van der Waals surface area contributed by atoms with Gasteiger partial charge >= 0.3 is 0 Å². The molecular weight excluding hydrogens is 336 g/mol. The molecule has 5 heteroatoms. The van der Waals surface area contributed by atoms with Gasteiger partial charge in [-0.3, -0.25) is 9.88 Å². The molecule has 1 aliphatic heterocycles. The third kappa shape index (κ3) is 2.68. The van der Waals surface area contributed by atoms with Crippen molar-refractivity contribution in [3.8, 4) is 0 Å². The molecule has 3 heterocycles. The first-order valence-electron chi connectivity index (χ1n) is 9.99. The van der Waals surface area contributed by atoms with Crippen molar-refractivity contribution in [1.82, 2.24) is 19.4 Å². The standard InChI is InChI=1S/C22H26N4O/c1-2-26-19-8-4-3-7-18(19)24-21(26)15-25-13-16-10-11-22(27,17(16)14-25)20-9-5-6-12-23-20/h3-9,12,16-17,27H,2,10-11,13-15H2,1H3/t16-,17+,22-/m0/s1. The van der Waals surface area contributed by atoms with Gasteiger partial charge in [0.1, 0.15) is 11.4 Å². The van der Waals surface area contributed by atoms with E-state index in [1.165, 1.54) is 5.52 Å². The highest BCUT2D eigenvalue weighted by molar-refractivity contribution is 5.75. The van der Waals surface area contributed by atoms with Crippen molar-refractivity contribution in [2.75, 3.05) is 13.1 Å². The lowest BCUT2D eigenvalue weighted by atomic mass is 9.85. The molecule has 0 radical (unpaired) electrons.